The number of anilines is 1. The zero-order valence-electron chi connectivity index (χ0n) is 14.5. The van der Waals surface area contributed by atoms with Crippen molar-refractivity contribution in [1.29, 1.82) is 0 Å². The molecular weight excluding hydrogens is 344 g/mol. The SMILES string of the molecule is Nc1nc(-c2ccco2)c2ncn(CC(=O)NCCc3ccccc3)c2n1. The molecule has 4 aromatic rings. The van der Waals surface area contributed by atoms with Gasteiger partial charge in [-0.15, -0.1) is 0 Å². The predicted octanol–water partition coefficient (Wildman–Crippen LogP) is 2.03. The number of nitrogens with one attached hydrogen (secondary N) is 1. The fourth-order valence-corrected chi connectivity index (χ4v) is 2.86. The van der Waals surface area contributed by atoms with Crippen LogP contribution in [-0.2, 0) is 17.8 Å². The van der Waals surface area contributed by atoms with Gasteiger partial charge in [0.15, 0.2) is 11.4 Å². The highest BCUT2D eigenvalue weighted by Crippen LogP contribution is 2.25. The number of nitrogen functional groups attached to an aromatic ring is 1. The largest absolute Gasteiger partial charge is 0.463 e. The molecule has 8 heteroatoms. The lowest BCUT2D eigenvalue weighted by molar-refractivity contribution is -0.121. The maximum absolute atomic E-state index is 12.3. The Labute approximate surface area is 155 Å². The van der Waals surface area contributed by atoms with Gasteiger partial charge >= 0.3 is 0 Å². The van der Waals surface area contributed by atoms with Gasteiger partial charge in [-0.05, 0) is 24.1 Å². The van der Waals surface area contributed by atoms with Crippen LogP contribution in [0.5, 0.6) is 0 Å². The maximum atomic E-state index is 12.3. The highest BCUT2D eigenvalue weighted by Gasteiger charge is 2.16. The Hall–Kier alpha value is -3.68. The molecule has 0 radical (unpaired) electrons. The molecule has 0 aliphatic rings. The first-order valence-electron chi connectivity index (χ1n) is 8.53. The van der Waals surface area contributed by atoms with Gasteiger partial charge in [0, 0.05) is 6.54 Å². The van der Waals surface area contributed by atoms with E-state index in [1.54, 1.807) is 29.3 Å². The maximum Gasteiger partial charge on any atom is 0.240 e. The van der Waals surface area contributed by atoms with E-state index in [1.807, 2.05) is 30.3 Å². The number of benzene rings is 1. The second-order valence-electron chi connectivity index (χ2n) is 6.04. The molecule has 0 spiro atoms. The third-order valence-corrected chi connectivity index (χ3v) is 4.13. The molecule has 1 amide bonds. The van der Waals surface area contributed by atoms with E-state index in [0.29, 0.717) is 29.2 Å². The number of carbonyl (C=O) groups is 1. The van der Waals surface area contributed by atoms with Crippen molar-refractivity contribution in [3.8, 4) is 11.5 Å². The minimum atomic E-state index is -0.123. The Balaban J connectivity index is 1.48. The molecule has 136 valence electrons. The standard InChI is InChI=1S/C19H18N6O2/c20-19-23-16(14-7-4-10-27-14)17-18(24-19)25(12-22-17)11-15(26)21-9-8-13-5-2-1-3-6-13/h1-7,10,12H,8-9,11H2,(H,21,26)(H2,20,23,24). The zero-order valence-corrected chi connectivity index (χ0v) is 14.5. The van der Waals surface area contributed by atoms with Crippen LogP contribution in [-0.4, -0.2) is 32.0 Å². The van der Waals surface area contributed by atoms with E-state index in [4.69, 9.17) is 10.2 Å². The molecule has 0 fully saturated rings. The molecule has 8 nitrogen and oxygen atoms in total. The van der Waals surface area contributed by atoms with Crippen LogP contribution in [0.4, 0.5) is 5.95 Å². The summed E-state index contributed by atoms with van der Waals surface area (Å²) in [5, 5.41) is 2.91. The smallest absolute Gasteiger partial charge is 0.240 e. The van der Waals surface area contributed by atoms with Gasteiger partial charge in [-0.3, -0.25) is 4.79 Å². The lowest BCUT2D eigenvalue weighted by atomic mass is 10.1. The molecule has 1 aromatic carbocycles. The van der Waals surface area contributed by atoms with Crippen LogP contribution in [0.25, 0.3) is 22.6 Å². The molecule has 3 heterocycles. The first-order valence-corrected chi connectivity index (χ1v) is 8.53. The fourth-order valence-electron chi connectivity index (χ4n) is 2.86. The van der Waals surface area contributed by atoms with Crippen LogP contribution in [0.3, 0.4) is 0 Å². The Bertz CT molecular complexity index is 1060. The number of imidazole rings is 1. The summed E-state index contributed by atoms with van der Waals surface area (Å²) in [6.07, 6.45) is 3.88. The number of carbonyl (C=O) groups excluding carboxylic acids is 1. The molecule has 0 saturated carbocycles. The van der Waals surface area contributed by atoms with E-state index in [9.17, 15) is 4.79 Å². The summed E-state index contributed by atoms with van der Waals surface area (Å²) in [5.74, 6) is 0.522. The van der Waals surface area contributed by atoms with Gasteiger partial charge in [-0.2, -0.15) is 4.98 Å². The Kier molecular flexibility index (Phi) is 4.52. The Morgan fingerprint density at radius 3 is 2.78 bits per heavy atom. The summed E-state index contributed by atoms with van der Waals surface area (Å²) in [7, 11) is 0. The van der Waals surface area contributed by atoms with Crippen molar-refractivity contribution in [1.82, 2.24) is 24.8 Å². The van der Waals surface area contributed by atoms with Crippen LogP contribution in [0.2, 0.25) is 0 Å². The number of nitrogens with two attached hydrogens (primary N) is 1. The number of hydrogen-bond donors (Lipinski definition) is 2. The number of rotatable bonds is 6. The molecule has 0 saturated heterocycles. The molecule has 0 aliphatic heterocycles. The average molecular weight is 362 g/mol. The average Bonchev–Trinajstić information content (AvgIpc) is 3.33. The first kappa shape index (κ1) is 16.8. The number of furan rings is 1. The summed E-state index contributed by atoms with van der Waals surface area (Å²) < 4.78 is 7.04. The molecule has 0 atom stereocenters. The molecule has 0 aliphatic carbocycles. The van der Waals surface area contributed by atoms with Crippen molar-refractivity contribution in [3.05, 3.63) is 60.6 Å². The Morgan fingerprint density at radius 2 is 2.00 bits per heavy atom. The predicted molar refractivity (Wildman–Crippen MR) is 101 cm³/mol. The molecule has 0 unspecified atom stereocenters. The van der Waals surface area contributed by atoms with Crippen LogP contribution in [0, 0.1) is 0 Å². The van der Waals surface area contributed by atoms with Crippen molar-refractivity contribution < 1.29 is 9.21 Å². The minimum absolute atomic E-state index is 0.0966. The van der Waals surface area contributed by atoms with Crippen LogP contribution < -0.4 is 11.1 Å². The first-order chi connectivity index (χ1) is 13.2. The lowest BCUT2D eigenvalue weighted by Gasteiger charge is -2.07. The van der Waals surface area contributed by atoms with Crippen molar-refractivity contribution in [2.75, 3.05) is 12.3 Å². The highest BCUT2D eigenvalue weighted by atomic mass is 16.3. The third kappa shape index (κ3) is 3.64. The van der Waals surface area contributed by atoms with Gasteiger partial charge < -0.3 is 20.0 Å². The van der Waals surface area contributed by atoms with Gasteiger partial charge in [-0.1, -0.05) is 30.3 Å². The van der Waals surface area contributed by atoms with Gasteiger partial charge in [0.2, 0.25) is 11.9 Å². The lowest BCUT2D eigenvalue weighted by Crippen LogP contribution is -2.29. The molecule has 4 rings (SSSR count). The summed E-state index contributed by atoms with van der Waals surface area (Å²) in [6.45, 7) is 0.656. The van der Waals surface area contributed by atoms with E-state index in [1.165, 1.54) is 5.56 Å². The number of hydrogen-bond acceptors (Lipinski definition) is 6. The van der Waals surface area contributed by atoms with Gasteiger partial charge in [-0.25, -0.2) is 9.97 Å². The van der Waals surface area contributed by atoms with E-state index >= 15 is 0 Å². The summed E-state index contributed by atoms with van der Waals surface area (Å²) >= 11 is 0. The second-order valence-corrected chi connectivity index (χ2v) is 6.04. The molecule has 27 heavy (non-hydrogen) atoms. The zero-order chi connectivity index (χ0) is 18.6. The van der Waals surface area contributed by atoms with Gasteiger partial charge in [0.25, 0.3) is 0 Å². The number of aromatic nitrogens is 4. The molecular formula is C19H18N6O2. The topological polar surface area (TPSA) is 112 Å². The normalized spacial score (nSPS) is 11.0. The van der Waals surface area contributed by atoms with Crippen molar-refractivity contribution in [2.45, 2.75) is 13.0 Å². The third-order valence-electron chi connectivity index (χ3n) is 4.13. The fraction of sp³-hybridized carbons (Fsp3) is 0.158. The highest BCUT2D eigenvalue weighted by molar-refractivity contribution is 5.87. The number of fused-ring (bicyclic) bond motifs is 1. The summed E-state index contributed by atoms with van der Waals surface area (Å²) in [6, 6.07) is 13.5. The van der Waals surface area contributed by atoms with Gasteiger partial charge in [0.1, 0.15) is 17.8 Å². The van der Waals surface area contributed by atoms with Crippen molar-refractivity contribution in [3.63, 3.8) is 0 Å². The van der Waals surface area contributed by atoms with E-state index in [-0.39, 0.29) is 18.4 Å². The minimum Gasteiger partial charge on any atom is -0.463 e. The van der Waals surface area contributed by atoms with Gasteiger partial charge in [0.05, 0.1) is 12.6 Å². The van der Waals surface area contributed by atoms with Crippen molar-refractivity contribution in [2.24, 2.45) is 0 Å². The van der Waals surface area contributed by atoms with E-state index in [2.05, 4.69) is 20.3 Å². The molecule has 0 bridgehead atoms. The van der Waals surface area contributed by atoms with Crippen LogP contribution in [0.1, 0.15) is 5.56 Å². The van der Waals surface area contributed by atoms with E-state index in [0.717, 1.165) is 6.42 Å². The Morgan fingerprint density at radius 1 is 1.15 bits per heavy atom. The van der Waals surface area contributed by atoms with Crippen LogP contribution in [0.15, 0.2) is 59.5 Å². The second kappa shape index (κ2) is 7.28. The van der Waals surface area contributed by atoms with Crippen LogP contribution >= 0.6 is 0 Å². The number of nitrogens with zero attached hydrogens (tertiary/aromatic N) is 4. The monoisotopic (exact) mass is 362 g/mol. The van der Waals surface area contributed by atoms with E-state index < -0.39 is 0 Å². The van der Waals surface area contributed by atoms with Crippen molar-refractivity contribution >= 4 is 23.0 Å². The quantitative estimate of drug-likeness (QED) is 0.543. The molecule has 3 aromatic heterocycles. The number of amides is 1. The summed E-state index contributed by atoms with van der Waals surface area (Å²) in [4.78, 5) is 25.1. The molecule has 3 N–H and O–H groups in total. The summed E-state index contributed by atoms with van der Waals surface area (Å²) in [5.41, 5.74) is 8.54.